The number of halogens is 2. The minimum atomic E-state index is -0.490. The van der Waals surface area contributed by atoms with E-state index in [9.17, 15) is 9.59 Å². The number of thiocarbonyl (C=S) groups is 1. The van der Waals surface area contributed by atoms with E-state index in [-0.39, 0.29) is 10.7 Å². The molecule has 0 aromatic heterocycles. The van der Waals surface area contributed by atoms with Crippen LogP contribution < -0.4 is 10.6 Å². The van der Waals surface area contributed by atoms with Crippen molar-refractivity contribution < 1.29 is 9.59 Å². The molecule has 0 unspecified atom stereocenters. The minimum Gasteiger partial charge on any atom is -0.298 e. The van der Waals surface area contributed by atoms with Gasteiger partial charge in [0.25, 0.3) is 11.8 Å². The van der Waals surface area contributed by atoms with Crippen molar-refractivity contribution in [2.75, 3.05) is 0 Å². The number of hydrogen-bond acceptors (Lipinski definition) is 5. The highest BCUT2D eigenvalue weighted by atomic mass is 35.5. The highest BCUT2D eigenvalue weighted by molar-refractivity contribution is 8.21. The van der Waals surface area contributed by atoms with Crippen LogP contribution in [0.5, 0.6) is 0 Å². The van der Waals surface area contributed by atoms with Crippen molar-refractivity contribution in [2.45, 2.75) is 11.5 Å². The molecule has 1 heterocycles. The van der Waals surface area contributed by atoms with Crippen LogP contribution in [0.25, 0.3) is 0 Å². The fourth-order valence-corrected chi connectivity index (χ4v) is 5.06. The predicted molar refractivity (Wildman–Crippen MR) is 121 cm³/mol. The van der Waals surface area contributed by atoms with Crippen LogP contribution in [-0.4, -0.2) is 16.9 Å². The summed E-state index contributed by atoms with van der Waals surface area (Å²) in [7, 11) is 0. The van der Waals surface area contributed by atoms with Crippen LogP contribution in [0.15, 0.2) is 58.3 Å². The summed E-state index contributed by atoms with van der Waals surface area (Å²) in [4.78, 5) is 24.8. The quantitative estimate of drug-likeness (QED) is 0.358. The summed E-state index contributed by atoms with van der Waals surface area (Å²) in [6.07, 6.45) is 0. The number of nitrogens with one attached hydrogen (secondary N) is 2. The molecule has 9 heteroatoms. The number of rotatable bonds is 6. The maximum Gasteiger partial charge on any atom is 0.264 e. The number of carbonyl (C=O) groups is 2. The molecule has 1 saturated heterocycles. The summed E-state index contributed by atoms with van der Waals surface area (Å²) < 4.78 is 0.627. The average Bonchev–Trinajstić information content (AvgIpc) is 2.65. The lowest BCUT2D eigenvalue weighted by Crippen LogP contribution is -2.51. The lowest BCUT2D eigenvalue weighted by Gasteiger charge is -2.19. The van der Waals surface area contributed by atoms with Crippen LogP contribution in [0.1, 0.15) is 11.1 Å². The van der Waals surface area contributed by atoms with E-state index in [1.54, 1.807) is 0 Å². The predicted octanol–water partition coefficient (Wildman–Crippen LogP) is 4.90. The number of thioether (sulfide) groups is 2. The lowest BCUT2D eigenvalue weighted by molar-refractivity contribution is -0.123. The number of hydrogen-bond donors (Lipinski definition) is 2. The van der Waals surface area contributed by atoms with Crippen molar-refractivity contribution in [3.8, 4) is 0 Å². The van der Waals surface area contributed by atoms with Crippen LogP contribution in [0, 0.1) is 0 Å². The standard InChI is InChI=1S/C19H14Cl2N2O2S3/c20-13-5-1-11(2-6-13)9-27-18(15-16(24)22-19(26)23-17(15)25)28-10-12-3-7-14(21)8-4-12/h1-8H,9-10H2,(H2,22,23,24,25,26). The normalized spacial score (nSPS) is 13.9. The van der Waals surface area contributed by atoms with Gasteiger partial charge in [0.15, 0.2) is 5.11 Å². The molecule has 0 spiro atoms. The SMILES string of the molecule is O=C1NC(=S)NC(=O)C1=C(SCc1ccc(Cl)cc1)SCc1ccc(Cl)cc1. The first-order valence-corrected chi connectivity index (χ1v) is 11.2. The van der Waals surface area contributed by atoms with Crippen molar-refractivity contribution >= 4 is 75.9 Å². The van der Waals surface area contributed by atoms with Gasteiger partial charge in [-0.25, -0.2) is 0 Å². The zero-order valence-corrected chi connectivity index (χ0v) is 18.3. The molecular weight excluding hydrogens is 455 g/mol. The zero-order chi connectivity index (χ0) is 20.1. The summed E-state index contributed by atoms with van der Waals surface area (Å²) in [5.41, 5.74) is 2.14. The summed E-state index contributed by atoms with van der Waals surface area (Å²) in [5, 5.41) is 6.32. The Balaban J connectivity index is 1.82. The van der Waals surface area contributed by atoms with Crippen molar-refractivity contribution in [3.63, 3.8) is 0 Å². The molecule has 1 aliphatic rings. The van der Waals surface area contributed by atoms with E-state index >= 15 is 0 Å². The van der Waals surface area contributed by atoms with Crippen molar-refractivity contribution in [1.82, 2.24) is 10.6 Å². The fourth-order valence-electron chi connectivity index (χ4n) is 2.30. The van der Waals surface area contributed by atoms with E-state index < -0.39 is 11.8 Å². The van der Waals surface area contributed by atoms with Crippen molar-refractivity contribution in [3.05, 3.63) is 79.5 Å². The second-order valence-electron chi connectivity index (χ2n) is 5.73. The third-order valence-electron chi connectivity index (χ3n) is 3.68. The van der Waals surface area contributed by atoms with Crippen molar-refractivity contribution in [2.24, 2.45) is 0 Å². The fraction of sp³-hybridized carbons (Fsp3) is 0.105. The maximum absolute atomic E-state index is 12.4. The molecule has 2 aromatic rings. The Bertz CT molecular complexity index is 871. The van der Waals surface area contributed by atoms with Gasteiger partial charge in [-0.3, -0.25) is 20.2 Å². The van der Waals surface area contributed by atoms with E-state index in [1.807, 2.05) is 48.5 Å². The van der Waals surface area contributed by atoms with E-state index in [0.29, 0.717) is 25.8 Å². The molecule has 28 heavy (non-hydrogen) atoms. The molecule has 2 N–H and O–H groups in total. The Morgan fingerprint density at radius 3 is 1.57 bits per heavy atom. The van der Waals surface area contributed by atoms with Crippen LogP contribution in [0.3, 0.4) is 0 Å². The van der Waals surface area contributed by atoms with E-state index in [4.69, 9.17) is 35.4 Å². The van der Waals surface area contributed by atoms with Gasteiger partial charge >= 0.3 is 0 Å². The average molecular weight is 469 g/mol. The third kappa shape index (κ3) is 5.75. The highest BCUT2D eigenvalue weighted by Crippen LogP contribution is 2.37. The zero-order valence-electron chi connectivity index (χ0n) is 14.3. The maximum atomic E-state index is 12.4. The minimum absolute atomic E-state index is 0.0171. The second-order valence-corrected chi connectivity index (χ2v) is 9.24. The summed E-state index contributed by atoms with van der Waals surface area (Å²) in [5.74, 6) is 0.204. The molecule has 0 aliphatic carbocycles. The van der Waals surface area contributed by atoms with Crippen LogP contribution in [-0.2, 0) is 21.1 Å². The van der Waals surface area contributed by atoms with Gasteiger partial charge in [-0.15, -0.1) is 23.5 Å². The van der Waals surface area contributed by atoms with Gasteiger partial charge in [0, 0.05) is 21.6 Å². The van der Waals surface area contributed by atoms with E-state index in [2.05, 4.69) is 10.6 Å². The Morgan fingerprint density at radius 2 is 1.18 bits per heavy atom. The summed E-state index contributed by atoms with van der Waals surface area (Å²) >= 11 is 19.6. The van der Waals surface area contributed by atoms with Crippen LogP contribution >= 0.6 is 58.9 Å². The van der Waals surface area contributed by atoms with Crippen LogP contribution in [0.2, 0.25) is 10.0 Å². The van der Waals surface area contributed by atoms with Gasteiger partial charge in [-0.05, 0) is 47.6 Å². The van der Waals surface area contributed by atoms with Crippen LogP contribution in [0.4, 0.5) is 0 Å². The molecule has 1 aliphatic heterocycles. The highest BCUT2D eigenvalue weighted by Gasteiger charge is 2.30. The molecule has 0 saturated carbocycles. The molecule has 3 rings (SSSR count). The molecule has 0 radical (unpaired) electrons. The number of amides is 2. The Hall–Kier alpha value is -1.51. The Labute approximate surface area is 186 Å². The Morgan fingerprint density at radius 1 is 0.786 bits per heavy atom. The first kappa shape index (κ1) is 21.2. The summed E-state index contributed by atoms with van der Waals surface area (Å²) in [6.45, 7) is 0. The van der Waals surface area contributed by atoms with Gasteiger partial charge < -0.3 is 0 Å². The molecule has 0 atom stereocenters. The number of carbonyl (C=O) groups excluding carboxylic acids is 2. The molecule has 4 nitrogen and oxygen atoms in total. The van der Waals surface area contributed by atoms with Gasteiger partial charge in [0.1, 0.15) is 5.57 Å². The first-order valence-electron chi connectivity index (χ1n) is 8.08. The first-order chi connectivity index (χ1) is 13.4. The monoisotopic (exact) mass is 468 g/mol. The second kappa shape index (κ2) is 9.80. The smallest absolute Gasteiger partial charge is 0.264 e. The van der Waals surface area contributed by atoms with E-state index in [0.717, 1.165) is 11.1 Å². The third-order valence-corrected chi connectivity index (χ3v) is 6.98. The van der Waals surface area contributed by atoms with Crippen molar-refractivity contribution in [1.29, 1.82) is 0 Å². The van der Waals surface area contributed by atoms with E-state index in [1.165, 1.54) is 23.5 Å². The largest absolute Gasteiger partial charge is 0.298 e. The lowest BCUT2D eigenvalue weighted by atomic mass is 10.2. The Kier molecular flexibility index (Phi) is 7.42. The van der Waals surface area contributed by atoms with Gasteiger partial charge in [0.2, 0.25) is 0 Å². The number of benzene rings is 2. The molecule has 1 fully saturated rings. The molecule has 2 amide bonds. The van der Waals surface area contributed by atoms with Gasteiger partial charge in [-0.2, -0.15) is 0 Å². The van der Waals surface area contributed by atoms with Gasteiger partial charge in [0.05, 0.1) is 4.24 Å². The molecule has 2 aromatic carbocycles. The molecule has 0 bridgehead atoms. The molecular formula is C19H14Cl2N2O2S3. The topological polar surface area (TPSA) is 58.2 Å². The van der Waals surface area contributed by atoms with Gasteiger partial charge in [-0.1, -0.05) is 47.5 Å². The molecule has 144 valence electrons. The summed E-state index contributed by atoms with van der Waals surface area (Å²) in [6, 6.07) is 14.9.